The fourth-order valence-electron chi connectivity index (χ4n) is 10.6. The number of hydrogen-bond donors (Lipinski definition) is 3. The lowest BCUT2D eigenvalue weighted by atomic mass is 10.1. The van der Waals surface area contributed by atoms with E-state index in [2.05, 4.69) is 161 Å². The van der Waals surface area contributed by atoms with Crippen LogP contribution < -0.4 is 0 Å². The predicted octanol–water partition coefficient (Wildman–Crippen LogP) is 24.2. The van der Waals surface area contributed by atoms with Gasteiger partial charge in [-0.3, -0.25) is 37.3 Å². The normalized spacial score (nSPS) is 14.6. The molecular formula is C87H146O17P2. The molecule has 0 amide bonds. The second-order valence-electron chi connectivity index (χ2n) is 26.9. The van der Waals surface area contributed by atoms with Gasteiger partial charge in [0.1, 0.15) is 19.3 Å². The Labute approximate surface area is 643 Å². The van der Waals surface area contributed by atoms with Crippen LogP contribution in [0.25, 0.3) is 0 Å². The van der Waals surface area contributed by atoms with Crippen LogP contribution in [0.15, 0.2) is 146 Å². The smallest absolute Gasteiger partial charge is 0.462 e. The molecule has 3 N–H and O–H groups in total. The first-order valence-corrected chi connectivity index (χ1v) is 44.1. The van der Waals surface area contributed by atoms with E-state index in [1.807, 2.05) is 12.2 Å². The van der Waals surface area contributed by atoms with Crippen LogP contribution in [0, 0.1) is 0 Å². The fourth-order valence-corrected chi connectivity index (χ4v) is 12.1. The molecule has 606 valence electrons. The van der Waals surface area contributed by atoms with Gasteiger partial charge >= 0.3 is 39.5 Å². The first-order valence-electron chi connectivity index (χ1n) is 41.1. The second-order valence-corrected chi connectivity index (χ2v) is 29.8. The number of ether oxygens (including phenoxy) is 4. The Morgan fingerprint density at radius 2 is 0.500 bits per heavy atom. The van der Waals surface area contributed by atoms with Crippen LogP contribution in [-0.2, 0) is 65.4 Å². The lowest BCUT2D eigenvalue weighted by Gasteiger charge is -2.21. The number of phosphoric acid groups is 2. The highest BCUT2D eigenvalue weighted by molar-refractivity contribution is 7.47. The summed E-state index contributed by atoms with van der Waals surface area (Å²) in [4.78, 5) is 73.1. The predicted molar refractivity (Wildman–Crippen MR) is 436 cm³/mol. The standard InChI is InChI=1S/C87H146O17P2/c1-5-9-13-17-21-25-29-33-36-39-40-43-45-49-52-56-60-64-68-72-85(90)98-78-83(104-87(92)74-70-66-62-58-54-50-46-42-38-35-31-27-23-19-15-11-7-3)80-102-106(95,96)100-76-81(88)75-99-105(93,94)101-79-82(103-86(91)73-69-65-61-57-53-47-32-28-24-20-16-12-8-4)77-97-84(89)71-67-63-59-55-51-48-44-41-37-34-30-26-22-18-14-10-6-2/h10-11,14-15,21-23,25-28,32-38,40,43,46,50,58,62,81-83,88H,5-9,12-13,16-20,24,29-31,39,41-42,44-45,47-49,51-57,59-61,63-80H2,1-4H3,(H,93,94)(H,95,96)/b14-10-,15-11-,25-21-,26-22-,27-23-,32-28-,36-33-,37-34-,38-35-,43-40-,50-46-,62-58-. The largest absolute Gasteiger partial charge is 0.472 e. The van der Waals surface area contributed by atoms with Crippen molar-refractivity contribution in [1.29, 1.82) is 0 Å². The Morgan fingerprint density at radius 3 is 0.821 bits per heavy atom. The molecule has 0 aromatic heterocycles. The molecule has 19 heteroatoms. The van der Waals surface area contributed by atoms with Gasteiger partial charge in [0.15, 0.2) is 12.2 Å². The molecule has 0 aliphatic heterocycles. The first kappa shape index (κ1) is 101. The van der Waals surface area contributed by atoms with E-state index in [4.69, 9.17) is 37.0 Å². The maximum absolute atomic E-state index is 13.1. The van der Waals surface area contributed by atoms with E-state index in [1.165, 1.54) is 44.9 Å². The zero-order valence-corrected chi connectivity index (χ0v) is 68.1. The molecule has 0 bridgehead atoms. The molecule has 0 aliphatic rings. The summed E-state index contributed by atoms with van der Waals surface area (Å²) in [6.45, 7) is 4.52. The van der Waals surface area contributed by atoms with Crippen LogP contribution in [0.5, 0.6) is 0 Å². The number of carbonyl (C=O) groups is 4. The van der Waals surface area contributed by atoms with E-state index >= 15 is 0 Å². The van der Waals surface area contributed by atoms with E-state index < -0.39 is 97.5 Å². The minimum absolute atomic E-state index is 0.00967. The topological polar surface area (TPSA) is 237 Å². The van der Waals surface area contributed by atoms with Gasteiger partial charge in [0.25, 0.3) is 0 Å². The molecule has 0 heterocycles. The van der Waals surface area contributed by atoms with Crippen LogP contribution in [0.1, 0.15) is 323 Å². The van der Waals surface area contributed by atoms with E-state index in [-0.39, 0.29) is 25.7 Å². The third-order valence-electron chi connectivity index (χ3n) is 16.8. The van der Waals surface area contributed by atoms with Gasteiger partial charge in [0.05, 0.1) is 26.4 Å². The summed E-state index contributed by atoms with van der Waals surface area (Å²) in [5, 5.41) is 10.7. The minimum atomic E-state index is -5.00. The SMILES string of the molecule is CC/C=C\C/C=C\C/C=C\C/C=C\C/C=C\CCCC(=O)OC(COC(=O)CCCCCCCC/C=C\C/C=C\C/C=C\CCCCC)COP(=O)(O)OCC(O)COP(=O)(O)OCC(COC(=O)CCCCCCCCC/C=C\C/C=C\C/C=C\CC)OC(=O)CCCCCCC/C=C\CCCCCC. The molecule has 106 heavy (non-hydrogen) atoms. The monoisotopic (exact) mass is 1530 g/mol. The summed E-state index contributed by atoms with van der Waals surface area (Å²) in [5.41, 5.74) is 0. The van der Waals surface area contributed by atoms with Crippen molar-refractivity contribution in [3.8, 4) is 0 Å². The lowest BCUT2D eigenvalue weighted by Crippen LogP contribution is -2.30. The fraction of sp³-hybridized carbons (Fsp3) is 0.678. The molecule has 0 radical (unpaired) electrons. The van der Waals surface area contributed by atoms with Gasteiger partial charge in [0, 0.05) is 25.7 Å². The van der Waals surface area contributed by atoms with Crippen molar-refractivity contribution in [3.05, 3.63) is 146 Å². The summed E-state index contributed by atoms with van der Waals surface area (Å²) in [6.07, 6.45) is 89.7. The number of unbranched alkanes of at least 4 members (excludes halogenated alkanes) is 26. The van der Waals surface area contributed by atoms with Crippen molar-refractivity contribution in [2.45, 2.75) is 341 Å². The van der Waals surface area contributed by atoms with E-state index in [9.17, 15) is 43.2 Å². The van der Waals surface area contributed by atoms with E-state index in [0.29, 0.717) is 32.1 Å². The second kappa shape index (κ2) is 78.1. The van der Waals surface area contributed by atoms with Crippen molar-refractivity contribution < 1.29 is 80.2 Å². The van der Waals surface area contributed by atoms with Gasteiger partial charge in [-0.2, -0.15) is 0 Å². The van der Waals surface area contributed by atoms with Crippen LogP contribution in [0.2, 0.25) is 0 Å². The van der Waals surface area contributed by atoms with Crippen LogP contribution in [-0.4, -0.2) is 96.7 Å². The number of phosphoric ester groups is 2. The number of rotatable bonds is 76. The Bertz CT molecular complexity index is 2580. The number of esters is 4. The van der Waals surface area contributed by atoms with Gasteiger partial charge in [-0.05, 0) is 161 Å². The van der Waals surface area contributed by atoms with Crippen molar-refractivity contribution in [1.82, 2.24) is 0 Å². The summed E-state index contributed by atoms with van der Waals surface area (Å²) in [5.74, 6) is -2.28. The van der Waals surface area contributed by atoms with Gasteiger partial charge in [-0.1, -0.05) is 283 Å². The van der Waals surface area contributed by atoms with Gasteiger partial charge < -0.3 is 33.8 Å². The molecule has 5 unspecified atom stereocenters. The molecule has 5 atom stereocenters. The van der Waals surface area contributed by atoms with Gasteiger partial charge in [-0.25, -0.2) is 9.13 Å². The molecule has 0 saturated carbocycles. The quantitative estimate of drug-likeness (QED) is 0.0169. The summed E-state index contributed by atoms with van der Waals surface area (Å²) >= 11 is 0. The number of hydrogen-bond acceptors (Lipinski definition) is 15. The lowest BCUT2D eigenvalue weighted by molar-refractivity contribution is -0.161. The third kappa shape index (κ3) is 77.1. The number of allylic oxidation sites excluding steroid dienone is 24. The Balaban J connectivity index is 5.43. The zero-order chi connectivity index (χ0) is 77.4. The average molecular weight is 1530 g/mol. The van der Waals surface area contributed by atoms with Crippen LogP contribution in [0.3, 0.4) is 0 Å². The summed E-state index contributed by atoms with van der Waals surface area (Å²) in [6, 6.07) is 0. The zero-order valence-electron chi connectivity index (χ0n) is 66.3. The number of aliphatic hydroxyl groups excluding tert-OH is 1. The molecule has 0 aromatic rings. The molecular weight excluding hydrogens is 1380 g/mol. The Morgan fingerprint density at radius 1 is 0.274 bits per heavy atom. The number of aliphatic hydroxyl groups is 1. The molecule has 0 aromatic carbocycles. The van der Waals surface area contributed by atoms with Gasteiger partial charge in [-0.15, -0.1) is 0 Å². The molecule has 0 rings (SSSR count). The summed E-state index contributed by atoms with van der Waals surface area (Å²) in [7, 11) is -9.99. The van der Waals surface area contributed by atoms with Crippen molar-refractivity contribution >= 4 is 39.5 Å². The van der Waals surface area contributed by atoms with Crippen molar-refractivity contribution in [3.63, 3.8) is 0 Å². The average Bonchev–Trinajstić information content (AvgIpc) is 0.899. The Hall–Kier alpha value is -5.06. The molecule has 0 spiro atoms. The van der Waals surface area contributed by atoms with Gasteiger partial charge in [0.2, 0.25) is 0 Å². The van der Waals surface area contributed by atoms with Crippen molar-refractivity contribution in [2.75, 3.05) is 39.6 Å². The number of carbonyl (C=O) groups excluding carboxylic acids is 4. The maximum atomic E-state index is 13.1. The van der Waals surface area contributed by atoms with E-state index in [0.717, 1.165) is 193 Å². The summed E-state index contributed by atoms with van der Waals surface area (Å²) < 4.78 is 68.6. The highest BCUT2D eigenvalue weighted by Gasteiger charge is 2.30. The van der Waals surface area contributed by atoms with Crippen LogP contribution >= 0.6 is 15.6 Å². The molecule has 0 saturated heterocycles. The van der Waals surface area contributed by atoms with E-state index in [1.54, 1.807) is 0 Å². The first-order chi connectivity index (χ1) is 51.7. The van der Waals surface area contributed by atoms with Crippen molar-refractivity contribution in [2.24, 2.45) is 0 Å². The highest BCUT2D eigenvalue weighted by atomic mass is 31.2. The molecule has 0 aliphatic carbocycles. The Kier molecular flexibility index (Phi) is 74.3. The minimum Gasteiger partial charge on any atom is -0.462 e. The molecule has 0 fully saturated rings. The molecule has 17 nitrogen and oxygen atoms in total. The highest BCUT2D eigenvalue weighted by Crippen LogP contribution is 2.45. The third-order valence-corrected chi connectivity index (χ3v) is 18.7. The van der Waals surface area contributed by atoms with Crippen LogP contribution in [0.4, 0.5) is 0 Å². The maximum Gasteiger partial charge on any atom is 0.472 e.